The molecule has 3 rings (SSSR count). The largest absolute Gasteiger partial charge is 0.490 e. The number of ether oxygens (including phenoxy) is 3. The molecular weight excluding hydrogens is 362 g/mol. The summed E-state index contributed by atoms with van der Waals surface area (Å²) >= 11 is 0. The molecule has 0 amide bonds. The van der Waals surface area contributed by atoms with Crippen molar-refractivity contribution in [1.82, 2.24) is 14.5 Å². The van der Waals surface area contributed by atoms with E-state index in [1.54, 1.807) is 12.5 Å². The third-order valence-electron chi connectivity index (χ3n) is 4.58. The summed E-state index contributed by atoms with van der Waals surface area (Å²) in [5.41, 5.74) is 1.05. The standard InChI is InChI=1S/C20H27N3O5/c1-2-27-19-11-16(12-23-7-9-26-14-17(13-23)20(24)25)3-4-18(19)28-10-8-22-6-5-21-15-22/h3-6,11,15,17H,2,7-10,12-14H2,1H3,(H,24,25). The van der Waals surface area contributed by atoms with E-state index in [9.17, 15) is 9.90 Å². The van der Waals surface area contributed by atoms with Crippen molar-refractivity contribution in [3.8, 4) is 11.5 Å². The molecular formula is C20H27N3O5. The Morgan fingerprint density at radius 2 is 2.25 bits per heavy atom. The van der Waals surface area contributed by atoms with E-state index < -0.39 is 11.9 Å². The fourth-order valence-electron chi connectivity index (χ4n) is 3.14. The quantitative estimate of drug-likeness (QED) is 0.701. The van der Waals surface area contributed by atoms with E-state index in [-0.39, 0.29) is 6.61 Å². The lowest BCUT2D eigenvalue weighted by atomic mass is 10.1. The maximum atomic E-state index is 11.3. The van der Waals surface area contributed by atoms with Crippen LogP contribution in [0.5, 0.6) is 11.5 Å². The predicted octanol–water partition coefficient (Wildman–Crippen LogP) is 1.89. The minimum atomic E-state index is -0.816. The highest BCUT2D eigenvalue weighted by Crippen LogP contribution is 2.29. The molecule has 0 radical (unpaired) electrons. The molecule has 1 aliphatic rings. The average molecular weight is 389 g/mol. The second-order valence-electron chi connectivity index (χ2n) is 6.71. The second kappa shape index (κ2) is 10.1. The molecule has 1 saturated heterocycles. The molecule has 2 heterocycles. The van der Waals surface area contributed by atoms with Crippen molar-refractivity contribution in [2.75, 3.05) is 39.5 Å². The minimum absolute atomic E-state index is 0.264. The lowest BCUT2D eigenvalue weighted by Crippen LogP contribution is -2.33. The lowest BCUT2D eigenvalue weighted by molar-refractivity contribution is -0.143. The van der Waals surface area contributed by atoms with Gasteiger partial charge in [0, 0.05) is 32.0 Å². The molecule has 1 fully saturated rings. The van der Waals surface area contributed by atoms with E-state index in [2.05, 4.69) is 9.88 Å². The normalized spacial score (nSPS) is 17.8. The molecule has 2 aromatic rings. The maximum absolute atomic E-state index is 11.3. The van der Waals surface area contributed by atoms with Crippen LogP contribution < -0.4 is 9.47 Å². The zero-order valence-electron chi connectivity index (χ0n) is 16.1. The summed E-state index contributed by atoms with van der Waals surface area (Å²) in [6.45, 7) is 6.32. The molecule has 1 unspecified atom stereocenters. The molecule has 0 saturated carbocycles. The molecule has 8 nitrogen and oxygen atoms in total. The van der Waals surface area contributed by atoms with E-state index in [1.165, 1.54) is 0 Å². The van der Waals surface area contributed by atoms with Crippen molar-refractivity contribution < 1.29 is 24.1 Å². The van der Waals surface area contributed by atoms with Crippen molar-refractivity contribution in [3.63, 3.8) is 0 Å². The number of aliphatic carboxylic acids is 1. The number of hydrogen-bond acceptors (Lipinski definition) is 6. The smallest absolute Gasteiger partial charge is 0.310 e. The molecule has 0 aliphatic carbocycles. The van der Waals surface area contributed by atoms with Crippen LogP contribution in [0.1, 0.15) is 12.5 Å². The lowest BCUT2D eigenvalue weighted by Gasteiger charge is -2.22. The van der Waals surface area contributed by atoms with Crippen LogP contribution in [0.4, 0.5) is 0 Å². The van der Waals surface area contributed by atoms with Gasteiger partial charge in [-0.15, -0.1) is 0 Å². The zero-order chi connectivity index (χ0) is 19.8. The van der Waals surface area contributed by atoms with Crippen molar-refractivity contribution in [2.24, 2.45) is 5.92 Å². The third kappa shape index (κ3) is 5.71. The molecule has 1 atom stereocenters. The first-order valence-corrected chi connectivity index (χ1v) is 9.53. The third-order valence-corrected chi connectivity index (χ3v) is 4.58. The maximum Gasteiger partial charge on any atom is 0.310 e. The molecule has 0 bridgehead atoms. The van der Waals surface area contributed by atoms with Gasteiger partial charge in [0.25, 0.3) is 0 Å². The van der Waals surface area contributed by atoms with Gasteiger partial charge in [-0.25, -0.2) is 4.98 Å². The highest BCUT2D eigenvalue weighted by Gasteiger charge is 2.24. The van der Waals surface area contributed by atoms with Crippen molar-refractivity contribution in [1.29, 1.82) is 0 Å². The van der Waals surface area contributed by atoms with Gasteiger partial charge in [0.2, 0.25) is 0 Å². The Hall–Kier alpha value is -2.58. The number of aromatic nitrogens is 2. The van der Waals surface area contributed by atoms with Gasteiger partial charge < -0.3 is 23.9 Å². The molecule has 0 spiro atoms. The molecule has 1 aromatic carbocycles. The Bertz CT molecular complexity index is 750. The first-order valence-electron chi connectivity index (χ1n) is 9.53. The van der Waals surface area contributed by atoms with Crippen molar-refractivity contribution in [3.05, 3.63) is 42.5 Å². The first-order chi connectivity index (χ1) is 13.7. The number of benzene rings is 1. The summed E-state index contributed by atoms with van der Waals surface area (Å²) in [6, 6.07) is 5.88. The number of hydrogen-bond donors (Lipinski definition) is 1. The van der Waals surface area contributed by atoms with Crippen molar-refractivity contribution >= 4 is 5.97 Å². The fourth-order valence-corrected chi connectivity index (χ4v) is 3.14. The fraction of sp³-hybridized carbons (Fsp3) is 0.500. The number of imidazole rings is 1. The van der Waals surface area contributed by atoms with Gasteiger partial charge in [0.15, 0.2) is 11.5 Å². The Morgan fingerprint density at radius 1 is 1.36 bits per heavy atom. The van der Waals surface area contributed by atoms with Crippen LogP contribution >= 0.6 is 0 Å². The zero-order valence-corrected chi connectivity index (χ0v) is 16.1. The minimum Gasteiger partial charge on any atom is -0.490 e. The van der Waals surface area contributed by atoms with Gasteiger partial charge in [-0.2, -0.15) is 0 Å². The monoisotopic (exact) mass is 389 g/mol. The first kappa shape index (κ1) is 20.2. The van der Waals surface area contributed by atoms with Crippen LogP contribution in [-0.2, 0) is 22.6 Å². The highest BCUT2D eigenvalue weighted by atomic mass is 16.5. The summed E-state index contributed by atoms with van der Waals surface area (Å²) in [5.74, 6) is 0.0861. The Morgan fingerprint density at radius 3 is 3.00 bits per heavy atom. The van der Waals surface area contributed by atoms with Gasteiger partial charge >= 0.3 is 5.97 Å². The summed E-state index contributed by atoms with van der Waals surface area (Å²) < 4.78 is 19.0. The van der Waals surface area contributed by atoms with E-state index in [4.69, 9.17) is 14.2 Å². The van der Waals surface area contributed by atoms with E-state index in [0.29, 0.717) is 57.5 Å². The Labute approximate surface area is 164 Å². The number of carboxylic acid groups (broad SMARTS) is 1. The highest BCUT2D eigenvalue weighted by molar-refractivity contribution is 5.70. The number of nitrogens with zero attached hydrogens (tertiary/aromatic N) is 3. The molecule has 1 aliphatic heterocycles. The SMILES string of the molecule is CCOc1cc(CN2CCOCC(C(=O)O)C2)ccc1OCCn1ccnc1. The van der Waals surface area contributed by atoms with Gasteiger partial charge in [0.1, 0.15) is 6.61 Å². The Balaban J connectivity index is 1.63. The van der Waals surface area contributed by atoms with Crippen LogP contribution in [0.25, 0.3) is 0 Å². The van der Waals surface area contributed by atoms with Gasteiger partial charge in [0.05, 0.1) is 38.6 Å². The summed E-state index contributed by atoms with van der Waals surface area (Å²) in [5, 5.41) is 9.30. The average Bonchev–Trinajstić information content (AvgIpc) is 3.08. The van der Waals surface area contributed by atoms with E-state index in [0.717, 1.165) is 5.56 Å². The Kier molecular flexibility index (Phi) is 7.27. The summed E-state index contributed by atoms with van der Waals surface area (Å²) in [4.78, 5) is 17.5. The number of carboxylic acids is 1. The number of carbonyl (C=O) groups is 1. The molecule has 152 valence electrons. The van der Waals surface area contributed by atoms with E-state index >= 15 is 0 Å². The second-order valence-corrected chi connectivity index (χ2v) is 6.71. The van der Waals surface area contributed by atoms with Gasteiger partial charge in [-0.1, -0.05) is 6.07 Å². The van der Waals surface area contributed by atoms with Crippen LogP contribution in [-0.4, -0.2) is 65.0 Å². The molecule has 1 aromatic heterocycles. The number of rotatable bonds is 9. The van der Waals surface area contributed by atoms with E-state index in [1.807, 2.05) is 35.9 Å². The van der Waals surface area contributed by atoms with Crippen LogP contribution in [0, 0.1) is 5.92 Å². The van der Waals surface area contributed by atoms with Crippen molar-refractivity contribution in [2.45, 2.75) is 20.0 Å². The van der Waals surface area contributed by atoms with Gasteiger partial charge in [-0.05, 0) is 24.6 Å². The van der Waals surface area contributed by atoms with Crippen LogP contribution in [0.3, 0.4) is 0 Å². The summed E-state index contributed by atoms with van der Waals surface area (Å²) in [6.07, 6.45) is 5.39. The molecule has 28 heavy (non-hydrogen) atoms. The molecule has 1 N–H and O–H groups in total. The van der Waals surface area contributed by atoms with Crippen LogP contribution in [0.2, 0.25) is 0 Å². The van der Waals surface area contributed by atoms with Crippen LogP contribution in [0.15, 0.2) is 36.9 Å². The topological polar surface area (TPSA) is 86.0 Å². The summed E-state index contributed by atoms with van der Waals surface area (Å²) in [7, 11) is 0. The van der Waals surface area contributed by atoms with Gasteiger partial charge in [-0.3, -0.25) is 9.69 Å². The molecule has 8 heteroatoms. The predicted molar refractivity (Wildman–Crippen MR) is 103 cm³/mol.